The van der Waals surface area contributed by atoms with Gasteiger partial charge in [-0.15, -0.1) is 0 Å². The molecule has 61 valence electrons. The lowest BCUT2D eigenvalue weighted by Crippen LogP contribution is -2.11. The first-order valence-electron chi connectivity index (χ1n) is 3.86. The van der Waals surface area contributed by atoms with Crippen molar-refractivity contribution in [2.24, 2.45) is 0 Å². The molecule has 1 unspecified atom stereocenters. The van der Waals surface area contributed by atoms with Gasteiger partial charge >= 0.3 is 0 Å². The molecular weight excluding hydrogens is 128 g/mol. The summed E-state index contributed by atoms with van der Waals surface area (Å²) in [7, 11) is 0. The Bertz CT molecular complexity index is 64.3. The van der Waals surface area contributed by atoms with Gasteiger partial charge in [-0.05, 0) is 20.3 Å². The molecule has 0 saturated carbocycles. The van der Waals surface area contributed by atoms with Gasteiger partial charge in [-0.1, -0.05) is 13.3 Å². The van der Waals surface area contributed by atoms with E-state index in [-0.39, 0.29) is 6.29 Å². The van der Waals surface area contributed by atoms with E-state index in [2.05, 4.69) is 6.92 Å². The third kappa shape index (κ3) is 6.05. The molecule has 0 aliphatic carbocycles. The highest BCUT2D eigenvalue weighted by atomic mass is 16.7. The Morgan fingerprint density at radius 3 is 2.70 bits per heavy atom. The first-order valence-corrected chi connectivity index (χ1v) is 3.86. The molecular formula is C8H17O2. The second-order valence-corrected chi connectivity index (χ2v) is 2.16. The number of unbranched alkanes of at least 4 members (excludes halogenated alkanes) is 1. The van der Waals surface area contributed by atoms with E-state index in [1.54, 1.807) is 6.61 Å². The average molecular weight is 145 g/mol. The van der Waals surface area contributed by atoms with Gasteiger partial charge in [0.25, 0.3) is 0 Å². The van der Waals surface area contributed by atoms with Crippen LogP contribution < -0.4 is 0 Å². The van der Waals surface area contributed by atoms with Crippen LogP contribution in [0.2, 0.25) is 0 Å². The fourth-order valence-electron chi connectivity index (χ4n) is 0.625. The second-order valence-electron chi connectivity index (χ2n) is 2.16. The van der Waals surface area contributed by atoms with Crippen LogP contribution >= 0.6 is 0 Å². The van der Waals surface area contributed by atoms with E-state index < -0.39 is 0 Å². The van der Waals surface area contributed by atoms with E-state index in [0.29, 0.717) is 0 Å². The molecule has 0 rings (SSSR count). The minimum Gasteiger partial charge on any atom is -0.353 e. The maximum Gasteiger partial charge on any atom is 0.155 e. The maximum atomic E-state index is 5.27. The largest absolute Gasteiger partial charge is 0.353 e. The standard InChI is InChI=1S/C8H17O2/c1-4-6-7-10-8(3)9-5-2/h5,8H,4,6-7H2,1-3H3. The summed E-state index contributed by atoms with van der Waals surface area (Å²) < 4.78 is 10.3. The zero-order chi connectivity index (χ0) is 7.82. The summed E-state index contributed by atoms with van der Waals surface area (Å²) in [5.74, 6) is 0. The zero-order valence-corrected chi connectivity index (χ0v) is 7.09. The van der Waals surface area contributed by atoms with E-state index in [0.717, 1.165) is 13.0 Å². The zero-order valence-electron chi connectivity index (χ0n) is 7.09. The molecule has 0 fully saturated rings. The highest BCUT2D eigenvalue weighted by Gasteiger charge is 1.97. The predicted octanol–water partition coefficient (Wildman–Crippen LogP) is 2.35. The Hall–Kier alpha value is -0.0800. The molecule has 1 atom stereocenters. The summed E-state index contributed by atoms with van der Waals surface area (Å²) in [6, 6.07) is 0. The number of ether oxygens (including phenoxy) is 2. The van der Waals surface area contributed by atoms with Crippen LogP contribution in [0.4, 0.5) is 0 Å². The van der Waals surface area contributed by atoms with Gasteiger partial charge in [-0.3, -0.25) is 0 Å². The Morgan fingerprint density at radius 2 is 2.20 bits per heavy atom. The van der Waals surface area contributed by atoms with Crippen LogP contribution in [-0.2, 0) is 9.47 Å². The fraction of sp³-hybridized carbons (Fsp3) is 0.875. The van der Waals surface area contributed by atoms with Crippen LogP contribution in [0.25, 0.3) is 0 Å². The molecule has 0 aromatic rings. The summed E-state index contributed by atoms with van der Waals surface area (Å²) in [4.78, 5) is 0. The molecule has 0 aromatic heterocycles. The van der Waals surface area contributed by atoms with Gasteiger partial charge in [0.1, 0.15) is 0 Å². The van der Waals surface area contributed by atoms with E-state index in [1.807, 2.05) is 13.8 Å². The molecule has 0 heterocycles. The second kappa shape index (κ2) is 7.03. The minimum absolute atomic E-state index is 0.0865. The summed E-state index contributed by atoms with van der Waals surface area (Å²) in [6.45, 7) is 8.33. The van der Waals surface area contributed by atoms with Crippen LogP contribution in [-0.4, -0.2) is 12.9 Å². The SMILES string of the molecule is C[CH]OC(C)OCCCC. The van der Waals surface area contributed by atoms with Crippen molar-refractivity contribution >= 4 is 0 Å². The van der Waals surface area contributed by atoms with Crippen LogP contribution in [0.1, 0.15) is 33.6 Å². The van der Waals surface area contributed by atoms with Gasteiger partial charge in [0.05, 0.1) is 6.61 Å². The monoisotopic (exact) mass is 145 g/mol. The van der Waals surface area contributed by atoms with E-state index in [9.17, 15) is 0 Å². The molecule has 0 N–H and O–H groups in total. The highest BCUT2D eigenvalue weighted by molar-refractivity contribution is 4.39. The van der Waals surface area contributed by atoms with Crippen molar-refractivity contribution in [3.8, 4) is 0 Å². The van der Waals surface area contributed by atoms with E-state index >= 15 is 0 Å². The van der Waals surface area contributed by atoms with Gasteiger partial charge in [-0.25, -0.2) is 0 Å². The maximum absolute atomic E-state index is 5.27. The number of hydrogen-bond donors (Lipinski definition) is 0. The van der Waals surface area contributed by atoms with Crippen LogP contribution in [0.5, 0.6) is 0 Å². The van der Waals surface area contributed by atoms with Crippen molar-refractivity contribution in [2.45, 2.75) is 39.9 Å². The molecule has 0 aliphatic rings. The number of hydrogen-bond acceptors (Lipinski definition) is 2. The summed E-state index contributed by atoms with van der Waals surface area (Å²) in [6.07, 6.45) is 2.19. The third-order valence-corrected chi connectivity index (χ3v) is 1.18. The van der Waals surface area contributed by atoms with Crippen molar-refractivity contribution in [3.05, 3.63) is 6.61 Å². The quantitative estimate of drug-likeness (QED) is 0.422. The molecule has 2 nitrogen and oxygen atoms in total. The molecule has 0 aliphatic heterocycles. The molecule has 0 aromatic carbocycles. The first kappa shape index (κ1) is 9.92. The summed E-state index contributed by atoms with van der Waals surface area (Å²) in [5, 5.41) is 0. The molecule has 0 bridgehead atoms. The molecule has 0 spiro atoms. The third-order valence-electron chi connectivity index (χ3n) is 1.18. The topological polar surface area (TPSA) is 18.5 Å². The lowest BCUT2D eigenvalue weighted by molar-refractivity contribution is -0.107. The van der Waals surface area contributed by atoms with Gasteiger partial charge in [0, 0.05) is 6.61 Å². The Balaban J connectivity index is 2.97. The van der Waals surface area contributed by atoms with Crippen molar-refractivity contribution in [2.75, 3.05) is 6.61 Å². The first-order chi connectivity index (χ1) is 4.81. The van der Waals surface area contributed by atoms with Crippen LogP contribution in [0.15, 0.2) is 0 Å². The van der Waals surface area contributed by atoms with Crippen molar-refractivity contribution in [3.63, 3.8) is 0 Å². The van der Waals surface area contributed by atoms with Crippen molar-refractivity contribution in [1.82, 2.24) is 0 Å². The molecule has 0 amide bonds. The van der Waals surface area contributed by atoms with Gasteiger partial charge in [0.15, 0.2) is 6.29 Å². The molecule has 2 heteroatoms. The van der Waals surface area contributed by atoms with Crippen molar-refractivity contribution in [1.29, 1.82) is 0 Å². The Morgan fingerprint density at radius 1 is 1.50 bits per heavy atom. The van der Waals surface area contributed by atoms with Gasteiger partial charge in [-0.2, -0.15) is 0 Å². The molecule has 0 saturated heterocycles. The Kier molecular flexibility index (Phi) is 6.98. The normalized spacial score (nSPS) is 13.5. The van der Waals surface area contributed by atoms with Gasteiger partial charge in [0.2, 0.25) is 0 Å². The highest BCUT2D eigenvalue weighted by Crippen LogP contribution is 1.97. The van der Waals surface area contributed by atoms with E-state index in [4.69, 9.17) is 9.47 Å². The lowest BCUT2D eigenvalue weighted by atomic mass is 10.4. The van der Waals surface area contributed by atoms with Crippen LogP contribution in [0, 0.1) is 6.61 Å². The average Bonchev–Trinajstić information content (AvgIpc) is 1.89. The fourth-order valence-corrected chi connectivity index (χ4v) is 0.625. The van der Waals surface area contributed by atoms with Gasteiger partial charge < -0.3 is 9.47 Å². The Labute approximate surface area is 63.5 Å². The smallest absolute Gasteiger partial charge is 0.155 e. The number of rotatable bonds is 6. The predicted molar refractivity (Wildman–Crippen MR) is 41.4 cm³/mol. The lowest BCUT2D eigenvalue weighted by Gasteiger charge is -2.11. The van der Waals surface area contributed by atoms with Crippen molar-refractivity contribution < 1.29 is 9.47 Å². The molecule has 1 radical (unpaired) electrons. The summed E-state index contributed by atoms with van der Waals surface area (Å²) >= 11 is 0. The summed E-state index contributed by atoms with van der Waals surface area (Å²) in [5.41, 5.74) is 0. The van der Waals surface area contributed by atoms with Crippen LogP contribution in [0.3, 0.4) is 0 Å². The van der Waals surface area contributed by atoms with E-state index in [1.165, 1.54) is 6.42 Å². The molecule has 10 heavy (non-hydrogen) atoms. The minimum atomic E-state index is -0.0865.